The number of hydrogen-bond acceptors (Lipinski definition) is 4. The van der Waals surface area contributed by atoms with Gasteiger partial charge in [-0.3, -0.25) is 4.90 Å². The first kappa shape index (κ1) is 7.50. The minimum absolute atomic E-state index is 0.116. The molecule has 1 saturated carbocycles. The molecule has 0 N–H and O–H groups in total. The van der Waals surface area contributed by atoms with E-state index in [0.29, 0.717) is 6.04 Å². The van der Waals surface area contributed by atoms with Crippen molar-refractivity contribution in [3.8, 4) is 0 Å². The van der Waals surface area contributed by atoms with E-state index in [2.05, 4.69) is 9.64 Å². The smallest absolute Gasteiger partial charge is 0.331 e. The first-order valence-electron chi connectivity index (χ1n) is 4.80. The minimum Gasteiger partial charge on any atom is -0.391 e. The normalized spacial score (nSPS) is 39.4. The second-order valence-corrected chi connectivity index (χ2v) is 4.03. The number of cyclic esters (lactones) is 2. The SMILES string of the molecule is O=C1OC(=O)C2CCC1N2C1CC1. The number of esters is 2. The molecule has 2 bridgehead atoms. The van der Waals surface area contributed by atoms with Crippen LogP contribution in [-0.2, 0) is 14.3 Å². The van der Waals surface area contributed by atoms with Crippen LogP contribution in [0, 0.1) is 0 Å². The predicted molar refractivity (Wildman–Crippen MR) is 42.8 cm³/mol. The number of morpholine rings is 1. The van der Waals surface area contributed by atoms with E-state index in [1.54, 1.807) is 0 Å². The molecule has 0 aromatic rings. The topological polar surface area (TPSA) is 46.6 Å². The van der Waals surface area contributed by atoms with E-state index in [1.165, 1.54) is 0 Å². The van der Waals surface area contributed by atoms with Gasteiger partial charge in [0.1, 0.15) is 12.1 Å². The van der Waals surface area contributed by atoms with Crippen molar-refractivity contribution < 1.29 is 14.3 Å². The van der Waals surface area contributed by atoms with E-state index < -0.39 is 0 Å². The molecule has 0 spiro atoms. The Morgan fingerprint density at radius 3 is 2.00 bits per heavy atom. The lowest BCUT2D eigenvalue weighted by atomic mass is 10.2. The molecule has 0 amide bonds. The van der Waals surface area contributed by atoms with Crippen LogP contribution in [0.25, 0.3) is 0 Å². The first-order chi connectivity index (χ1) is 6.27. The summed E-state index contributed by atoms with van der Waals surface area (Å²) in [5.41, 5.74) is 0. The van der Waals surface area contributed by atoms with Crippen molar-refractivity contribution in [2.45, 2.75) is 43.8 Å². The summed E-state index contributed by atoms with van der Waals surface area (Å²) in [6.07, 6.45) is 3.86. The van der Waals surface area contributed by atoms with Crippen LogP contribution in [0.1, 0.15) is 25.7 Å². The van der Waals surface area contributed by atoms with Crippen molar-refractivity contribution in [1.82, 2.24) is 4.90 Å². The maximum atomic E-state index is 11.3. The lowest BCUT2D eigenvalue weighted by Gasteiger charge is -2.31. The molecule has 0 radical (unpaired) electrons. The van der Waals surface area contributed by atoms with Crippen molar-refractivity contribution in [1.29, 1.82) is 0 Å². The van der Waals surface area contributed by atoms with Crippen molar-refractivity contribution in [2.24, 2.45) is 0 Å². The summed E-state index contributed by atoms with van der Waals surface area (Å²) < 4.78 is 4.66. The molecule has 0 aromatic carbocycles. The summed E-state index contributed by atoms with van der Waals surface area (Å²) in [7, 11) is 0. The molecule has 3 aliphatic rings. The van der Waals surface area contributed by atoms with Gasteiger partial charge in [-0.1, -0.05) is 0 Å². The number of ether oxygens (including phenoxy) is 1. The molecule has 2 aliphatic heterocycles. The molecule has 1 aliphatic carbocycles. The number of carbonyl (C=O) groups excluding carboxylic acids is 2. The van der Waals surface area contributed by atoms with Crippen LogP contribution in [0.4, 0.5) is 0 Å². The third kappa shape index (κ3) is 0.950. The van der Waals surface area contributed by atoms with Gasteiger partial charge in [-0.2, -0.15) is 0 Å². The van der Waals surface area contributed by atoms with Gasteiger partial charge in [0, 0.05) is 6.04 Å². The standard InChI is InChI=1S/C9H11NO3/c11-8-6-3-4-7(9(12)13-8)10(6)5-1-2-5/h5-7H,1-4H2. The Balaban J connectivity index is 1.94. The summed E-state index contributed by atoms with van der Waals surface area (Å²) in [5.74, 6) is -0.656. The van der Waals surface area contributed by atoms with Gasteiger partial charge in [0.05, 0.1) is 0 Å². The molecule has 3 rings (SSSR count). The average Bonchev–Trinajstić information content (AvgIpc) is 2.84. The molecule has 13 heavy (non-hydrogen) atoms. The highest BCUT2D eigenvalue weighted by molar-refractivity contribution is 5.95. The Labute approximate surface area is 75.8 Å². The minimum atomic E-state index is -0.328. The highest BCUT2D eigenvalue weighted by Crippen LogP contribution is 2.39. The first-order valence-corrected chi connectivity index (χ1v) is 4.80. The Morgan fingerprint density at radius 2 is 1.54 bits per heavy atom. The molecule has 2 heterocycles. The zero-order valence-electron chi connectivity index (χ0n) is 7.23. The second kappa shape index (κ2) is 2.32. The van der Waals surface area contributed by atoms with Gasteiger partial charge in [-0.05, 0) is 25.7 Å². The highest BCUT2D eigenvalue weighted by atomic mass is 16.6. The number of hydrogen-bond donors (Lipinski definition) is 0. The molecule has 2 unspecified atom stereocenters. The van der Waals surface area contributed by atoms with Crippen molar-refractivity contribution in [3.63, 3.8) is 0 Å². The van der Waals surface area contributed by atoms with Gasteiger partial charge in [0.15, 0.2) is 0 Å². The Bertz CT molecular complexity index is 263. The predicted octanol–water partition coefficient (Wildman–Crippen LogP) is 0.0652. The maximum Gasteiger partial charge on any atom is 0.331 e. The monoisotopic (exact) mass is 181 g/mol. The van der Waals surface area contributed by atoms with Crippen molar-refractivity contribution in [3.05, 3.63) is 0 Å². The van der Waals surface area contributed by atoms with E-state index in [9.17, 15) is 9.59 Å². The molecule has 3 fully saturated rings. The third-order valence-electron chi connectivity index (χ3n) is 3.15. The molecule has 70 valence electrons. The zero-order valence-corrected chi connectivity index (χ0v) is 7.23. The van der Waals surface area contributed by atoms with Gasteiger partial charge in [0.2, 0.25) is 0 Å². The maximum absolute atomic E-state index is 11.3. The molecular formula is C9H11NO3. The molecule has 2 saturated heterocycles. The van der Waals surface area contributed by atoms with Gasteiger partial charge in [0.25, 0.3) is 0 Å². The van der Waals surface area contributed by atoms with E-state index in [0.717, 1.165) is 25.7 Å². The van der Waals surface area contributed by atoms with Gasteiger partial charge >= 0.3 is 11.9 Å². The summed E-state index contributed by atoms with van der Waals surface area (Å²) in [6.45, 7) is 0. The fourth-order valence-corrected chi connectivity index (χ4v) is 2.43. The second-order valence-electron chi connectivity index (χ2n) is 4.03. The summed E-state index contributed by atoms with van der Waals surface area (Å²) in [4.78, 5) is 24.7. The fraction of sp³-hybridized carbons (Fsp3) is 0.778. The summed E-state index contributed by atoms with van der Waals surface area (Å²) >= 11 is 0. The van der Waals surface area contributed by atoms with Crippen LogP contribution < -0.4 is 0 Å². The van der Waals surface area contributed by atoms with Crippen LogP contribution in [0.5, 0.6) is 0 Å². The number of fused-ring (bicyclic) bond motifs is 2. The van der Waals surface area contributed by atoms with Crippen LogP contribution >= 0.6 is 0 Å². The lowest BCUT2D eigenvalue weighted by Crippen LogP contribution is -2.52. The van der Waals surface area contributed by atoms with E-state index in [4.69, 9.17) is 0 Å². The van der Waals surface area contributed by atoms with Crippen LogP contribution in [0.3, 0.4) is 0 Å². The third-order valence-corrected chi connectivity index (χ3v) is 3.15. The van der Waals surface area contributed by atoms with Crippen LogP contribution in [0.15, 0.2) is 0 Å². The number of rotatable bonds is 1. The quantitative estimate of drug-likeness (QED) is 0.424. The van der Waals surface area contributed by atoms with Crippen LogP contribution in [-0.4, -0.2) is 35.0 Å². The van der Waals surface area contributed by atoms with E-state index in [-0.39, 0.29) is 24.0 Å². The van der Waals surface area contributed by atoms with Crippen molar-refractivity contribution >= 4 is 11.9 Å². The molecule has 4 nitrogen and oxygen atoms in total. The molecule has 4 heteroatoms. The molecule has 2 atom stereocenters. The summed E-state index contributed by atoms with van der Waals surface area (Å²) in [6, 6.07) is 0.250. The average molecular weight is 181 g/mol. The van der Waals surface area contributed by atoms with E-state index >= 15 is 0 Å². The highest BCUT2D eigenvalue weighted by Gasteiger charge is 2.53. The van der Waals surface area contributed by atoms with Gasteiger partial charge in [-0.15, -0.1) is 0 Å². The number of nitrogens with zero attached hydrogens (tertiary/aromatic N) is 1. The largest absolute Gasteiger partial charge is 0.391 e. The van der Waals surface area contributed by atoms with E-state index in [1.807, 2.05) is 0 Å². The molecular weight excluding hydrogens is 170 g/mol. The van der Waals surface area contributed by atoms with Crippen molar-refractivity contribution in [2.75, 3.05) is 0 Å². The van der Waals surface area contributed by atoms with Gasteiger partial charge < -0.3 is 4.74 Å². The van der Waals surface area contributed by atoms with Crippen LogP contribution in [0.2, 0.25) is 0 Å². The van der Waals surface area contributed by atoms with Gasteiger partial charge in [-0.25, -0.2) is 9.59 Å². The lowest BCUT2D eigenvalue weighted by molar-refractivity contribution is -0.173. The fourth-order valence-electron chi connectivity index (χ4n) is 2.43. The Kier molecular flexibility index (Phi) is 1.34. The Morgan fingerprint density at radius 1 is 1.00 bits per heavy atom. The molecule has 0 aromatic heterocycles. The Hall–Kier alpha value is -0.900. The zero-order chi connectivity index (χ0) is 9.00. The number of carbonyl (C=O) groups is 2. The summed E-state index contributed by atoms with van der Waals surface area (Å²) in [5, 5.41) is 0.